The predicted molar refractivity (Wildman–Crippen MR) is 90.7 cm³/mol. The molecule has 0 fully saturated rings. The standard InChI is InChI=1S/C18H15ClN2O3/c1-23-12-13-11-17(21(20-13)14-7-3-2-4-8-14)24-18(22)15-9-5-6-10-16(15)19/h2-11H,12H2,1H3. The molecule has 24 heavy (non-hydrogen) atoms. The zero-order valence-electron chi connectivity index (χ0n) is 13.0. The molecule has 0 saturated heterocycles. The molecule has 0 spiro atoms. The molecule has 1 heterocycles. The van der Waals surface area contributed by atoms with Crippen molar-refractivity contribution in [3.63, 3.8) is 0 Å². The number of nitrogens with zero attached hydrogens (tertiary/aromatic N) is 2. The molecule has 1 aromatic heterocycles. The van der Waals surface area contributed by atoms with Crippen LogP contribution in [0.15, 0.2) is 60.7 Å². The van der Waals surface area contributed by atoms with E-state index < -0.39 is 5.97 Å². The van der Waals surface area contributed by atoms with Gasteiger partial charge in [-0.05, 0) is 24.3 Å². The number of hydrogen-bond acceptors (Lipinski definition) is 4. The molecule has 122 valence electrons. The normalized spacial score (nSPS) is 10.6. The second kappa shape index (κ2) is 7.29. The summed E-state index contributed by atoms with van der Waals surface area (Å²) < 4.78 is 12.2. The first-order valence-electron chi connectivity index (χ1n) is 7.29. The van der Waals surface area contributed by atoms with E-state index in [9.17, 15) is 4.79 Å². The predicted octanol–water partition coefficient (Wildman–Crippen LogP) is 3.89. The van der Waals surface area contributed by atoms with Crippen LogP contribution in [-0.2, 0) is 11.3 Å². The minimum absolute atomic E-state index is 0.299. The monoisotopic (exact) mass is 342 g/mol. The average molecular weight is 343 g/mol. The number of rotatable bonds is 5. The van der Waals surface area contributed by atoms with Gasteiger partial charge in [-0.25, -0.2) is 9.48 Å². The van der Waals surface area contributed by atoms with Crippen molar-refractivity contribution >= 4 is 17.6 Å². The number of esters is 1. The molecular formula is C18H15ClN2O3. The second-order valence-electron chi connectivity index (χ2n) is 5.02. The van der Waals surface area contributed by atoms with Gasteiger partial charge in [-0.15, -0.1) is 0 Å². The molecule has 3 aromatic rings. The molecule has 0 atom stereocenters. The van der Waals surface area contributed by atoms with Crippen molar-refractivity contribution in [1.29, 1.82) is 0 Å². The lowest BCUT2D eigenvalue weighted by Gasteiger charge is -2.08. The highest BCUT2D eigenvalue weighted by Crippen LogP contribution is 2.23. The van der Waals surface area contributed by atoms with E-state index in [-0.39, 0.29) is 0 Å². The van der Waals surface area contributed by atoms with Crippen molar-refractivity contribution < 1.29 is 14.3 Å². The summed E-state index contributed by atoms with van der Waals surface area (Å²) in [7, 11) is 1.58. The highest BCUT2D eigenvalue weighted by molar-refractivity contribution is 6.33. The lowest BCUT2D eigenvalue weighted by atomic mass is 10.2. The van der Waals surface area contributed by atoms with E-state index in [0.29, 0.717) is 28.8 Å². The number of ether oxygens (including phenoxy) is 2. The maximum atomic E-state index is 12.4. The minimum atomic E-state index is -0.540. The molecule has 3 rings (SSSR count). The van der Waals surface area contributed by atoms with Crippen molar-refractivity contribution in [3.8, 4) is 11.6 Å². The molecule has 0 aliphatic carbocycles. The van der Waals surface area contributed by atoms with E-state index in [2.05, 4.69) is 5.10 Å². The Morgan fingerprint density at radius 3 is 2.54 bits per heavy atom. The van der Waals surface area contributed by atoms with Gasteiger partial charge in [0, 0.05) is 13.2 Å². The number of benzene rings is 2. The van der Waals surface area contributed by atoms with Gasteiger partial charge in [0.15, 0.2) is 0 Å². The maximum Gasteiger partial charge on any atom is 0.346 e. The van der Waals surface area contributed by atoms with Crippen molar-refractivity contribution in [2.24, 2.45) is 0 Å². The van der Waals surface area contributed by atoms with E-state index in [4.69, 9.17) is 21.1 Å². The molecule has 0 N–H and O–H groups in total. The Kier molecular flexibility index (Phi) is 4.93. The first-order valence-corrected chi connectivity index (χ1v) is 7.67. The molecule has 0 saturated carbocycles. The molecule has 0 aliphatic heterocycles. The summed E-state index contributed by atoms with van der Waals surface area (Å²) in [5.41, 5.74) is 1.73. The Morgan fingerprint density at radius 1 is 1.12 bits per heavy atom. The van der Waals surface area contributed by atoms with Gasteiger partial charge in [0.25, 0.3) is 0 Å². The molecule has 0 aliphatic rings. The quantitative estimate of drug-likeness (QED) is 0.660. The summed E-state index contributed by atoms with van der Waals surface area (Å²) in [6, 6.07) is 17.8. The fourth-order valence-electron chi connectivity index (χ4n) is 2.23. The van der Waals surface area contributed by atoms with Crippen LogP contribution in [0.2, 0.25) is 5.02 Å². The van der Waals surface area contributed by atoms with Gasteiger partial charge >= 0.3 is 5.97 Å². The molecule has 0 bridgehead atoms. The van der Waals surface area contributed by atoms with Crippen molar-refractivity contribution in [2.45, 2.75) is 6.61 Å². The maximum absolute atomic E-state index is 12.4. The van der Waals surface area contributed by atoms with Crippen LogP contribution in [0.3, 0.4) is 0 Å². The third-order valence-corrected chi connectivity index (χ3v) is 3.64. The Labute approximate surface area is 144 Å². The van der Waals surface area contributed by atoms with Crippen LogP contribution in [0.25, 0.3) is 5.69 Å². The van der Waals surface area contributed by atoms with Gasteiger partial charge in [0.2, 0.25) is 5.88 Å². The Bertz CT molecular complexity index is 846. The summed E-state index contributed by atoms with van der Waals surface area (Å²) >= 11 is 6.05. The Hall–Kier alpha value is -2.63. The van der Waals surface area contributed by atoms with Crippen LogP contribution < -0.4 is 4.74 Å². The number of para-hydroxylation sites is 1. The fourth-order valence-corrected chi connectivity index (χ4v) is 2.45. The molecule has 5 nitrogen and oxygen atoms in total. The van der Waals surface area contributed by atoms with Crippen LogP contribution >= 0.6 is 11.6 Å². The van der Waals surface area contributed by atoms with Gasteiger partial charge in [0.1, 0.15) is 0 Å². The number of aromatic nitrogens is 2. The fraction of sp³-hybridized carbons (Fsp3) is 0.111. The van der Waals surface area contributed by atoms with Gasteiger partial charge in [-0.1, -0.05) is 41.9 Å². The van der Waals surface area contributed by atoms with Crippen LogP contribution in [0.5, 0.6) is 5.88 Å². The van der Waals surface area contributed by atoms with Crippen molar-refractivity contribution in [3.05, 3.63) is 76.9 Å². The van der Waals surface area contributed by atoms with Gasteiger partial charge in [0.05, 0.1) is 28.6 Å². The van der Waals surface area contributed by atoms with E-state index in [1.807, 2.05) is 30.3 Å². The summed E-state index contributed by atoms with van der Waals surface area (Å²) in [5, 5.41) is 4.76. The lowest BCUT2D eigenvalue weighted by molar-refractivity contribution is 0.0723. The Balaban J connectivity index is 1.95. The van der Waals surface area contributed by atoms with E-state index in [1.54, 1.807) is 42.1 Å². The topological polar surface area (TPSA) is 53.4 Å². The zero-order valence-corrected chi connectivity index (χ0v) is 13.7. The molecule has 0 amide bonds. The molecule has 2 aromatic carbocycles. The highest BCUT2D eigenvalue weighted by atomic mass is 35.5. The number of carbonyl (C=O) groups is 1. The van der Waals surface area contributed by atoms with Gasteiger partial charge < -0.3 is 9.47 Å². The van der Waals surface area contributed by atoms with Crippen molar-refractivity contribution in [1.82, 2.24) is 9.78 Å². The Morgan fingerprint density at radius 2 is 1.83 bits per heavy atom. The largest absolute Gasteiger partial charge is 0.404 e. The minimum Gasteiger partial charge on any atom is -0.404 e. The molecular weight excluding hydrogens is 328 g/mol. The smallest absolute Gasteiger partial charge is 0.346 e. The summed E-state index contributed by atoms with van der Waals surface area (Å²) in [6.45, 7) is 0.316. The first kappa shape index (κ1) is 16.2. The van der Waals surface area contributed by atoms with Crippen molar-refractivity contribution in [2.75, 3.05) is 7.11 Å². The second-order valence-corrected chi connectivity index (χ2v) is 5.43. The molecule has 0 unspecified atom stereocenters. The number of hydrogen-bond donors (Lipinski definition) is 0. The molecule has 0 radical (unpaired) electrons. The van der Waals surface area contributed by atoms with E-state index in [1.165, 1.54) is 0 Å². The third-order valence-electron chi connectivity index (χ3n) is 3.31. The van der Waals surface area contributed by atoms with E-state index in [0.717, 1.165) is 5.69 Å². The van der Waals surface area contributed by atoms with Crippen LogP contribution in [-0.4, -0.2) is 22.9 Å². The lowest BCUT2D eigenvalue weighted by Crippen LogP contribution is -2.12. The first-order chi connectivity index (χ1) is 11.7. The van der Waals surface area contributed by atoms with E-state index >= 15 is 0 Å². The summed E-state index contributed by atoms with van der Waals surface area (Å²) in [4.78, 5) is 12.4. The molecule has 6 heteroatoms. The third kappa shape index (κ3) is 3.48. The van der Waals surface area contributed by atoms with Crippen LogP contribution in [0.4, 0.5) is 0 Å². The van der Waals surface area contributed by atoms with Crippen LogP contribution in [0.1, 0.15) is 16.1 Å². The van der Waals surface area contributed by atoms with Gasteiger partial charge in [-0.2, -0.15) is 5.10 Å². The summed E-state index contributed by atoms with van der Waals surface area (Å²) in [5.74, 6) is -0.236. The SMILES string of the molecule is COCc1cc(OC(=O)c2ccccc2Cl)n(-c2ccccc2)n1. The number of halogens is 1. The zero-order chi connectivity index (χ0) is 16.9. The highest BCUT2D eigenvalue weighted by Gasteiger charge is 2.17. The number of carbonyl (C=O) groups excluding carboxylic acids is 1. The summed E-state index contributed by atoms with van der Waals surface area (Å²) in [6.07, 6.45) is 0. The van der Waals surface area contributed by atoms with Gasteiger partial charge in [-0.3, -0.25) is 0 Å². The number of methoxy groups -OCH3 is 1. The average Bonchev–Trinajstić information content (AvgIpc) is 2.99. The van der Waals surface area contributed by atoms with Crippen LogP contribution in [0, 0.1) is 0 Å².